The second-order valence-corrected chi connectivity index (χ2v) is 17.8. The third-order valence-corrected chi connectivity index (χ3v) is 10.2. The van der Waals surface area contributed by atoms with E-state index in [9.17, 15) is 0 Å². The van der Waals surface area contributed by atoms with Gasteiger partial charge in [-0.1, -0.05) is 18.2 Å². The Bertz CT molecular complexity index is 2080. The summed E-state index contributed by atoms with van der Waals surface area (Å²) in [5.74, 6) is 4.56. The Labute approximate surface area is 298 Å². The summed E-state index contributed by atoms with van der Waals surface area (Å²) in [6.07, 6.45) is 12.1. The first-order valence-corrected chi connectivity index (χ1v) is 19.8. The minimum atomic E-state index is -0.713. The largest absolute Gasteiger partial charge is 0.497 e. The maximum absolute atomic E-state index is 6.34. The van der Waals surface area contributed by atoms with Gasteiger partial charge in [0.25, 0.3) is 0 Å². The lowest BCUT2D eigenvalue weighted by Gasteiger charge is -2.29. The van der Waals surface area contributed by atoms with Crippen molar-refractivity contribution in [2.75, 3.05) is 81.4 Å². The monoisotopic (exact) mass is 712 g/mol. The van der Waals surface area contributed by atoms with Crippen LogP contribution in [-0.2, 0) is 29.3 Å². The smallest absolute Gasteiger partial charge is 0.232 e. The van der Waals surface area contributed by atoms with Crippen LogP contribution in [-0.4, -0.2) is 111 Å². The van der Waals surface area contributed by atoms with E-state index in [1.807, 2.05) is 42.6 Å². The van der Waals surface area contributed by atoms with Gasteiger partial charge in [0.2, 0.25) is 11.9 Å². The highest BCUT2D eigenvalue weighted by Crippen LogP contribution is 2.34. The van der Waals surface area contributed by atoms with Crippen LogP contribution in [0.4, 0.5) is 11.9 Å². The number of aromatic nitrogens is 8. The zero-order valence-corrected chi connectivity index (χ0v) is 30.5. The third-order valence-electron chi connectivity index (χ3n) is 8.77. The molecule has 0 spiro atoms. The fraction of sp³-hybridized carbons (Fsp3) is 0.389. The van der Waals surface area contributed by atoms with Crippen LogP contribution in [0.1, 0.15) is 11.4 Å². The van der Waals surface area contributed by atoms with Gasteiger partial charge in [-0.2, -0.15) is 29.8 Å². The third kappa shape index (κ3) is 7.70. The number of benzene rings is 2. The molecular weight excluding hydrogens is 669 g/mol. The van der Waals surface area contributed by atoms with Crippen molar-refractivity contribution in [3.05, 3.63) is 78.5 Å². The van der Waals surface area contributed by atoms with E-state index in [1.165, 1.54) is 0 Å². The van der Waals surface area contributed by atoms with E-state index < -0.39 is 10.0 Å². The maximum Gasteiger partial charge on any atom is 0.232 e. The fourth-order valence-corrected chi connectivity index (χ4v) is 6.64. The number of morpholine rings is 1. The van der Waals surface area contributed by atoms with E-state index >= 15 is 0 Å². The van der Waals surface area contributed by atoms with Crippen molar-refractivity contribution in [2.45, 2.75) is 19.8 Å². The molecule has 51 heavy (non-hydrogen) atoms. The summed E-state index contributed by atoms with van der Waals surface area (Å²) in [6.45, 7) is 4.42. The second-order valence-electron chi connectivity index (χ2n) is 13.2. The first-order chi connectivity index (χ1) is 24.8. The van der Waals surface area contributed by atoms with Gasteiger partial charge in [0.05, 0.1) is 64.7 Å². The van der Waals surface area contributed by atoms with Crippen LogP contribution in [0.25, 0.3) is 27.8 Å². The quantitative estimate of drug-likeness (QED) is 0.146. The minimum Gasteiger partial charge on any atom is -0.497 e. The number of rotatable bonds is 14. The fourth-order valence-electron chi connectivity index (χ4n) is 6.02. The Kier molecular flexibility index (Phi) is 10.2. The lowest BCUT2D eigenvalue weighted by molar-refractivity contribution is 0.0900. The van der Waals surface area contributed by atoms with Crippen molar-refractivity contribution in [1.82, 2.24) is 39.3 Å². The molecule has 0 aliphatic carbocycles. The Morgan fingerprint density at radius 2 is 1.71 bits per heavy atom. The highest BCUT2D eigenvalue weighted by Gasteiger charge is 2.25. The maximum atomic E-state index is 6.34. The molecule has 14 nitrogen and oxygen atoms in total. The van der Waals surface area contributed by atoms with E-state index in [0.717, 1.165) is 50.8 Å². The van der Waals surface area contributed by atoms with Gasteiger partial charge in [-0.05, 0) is 54.7 Å². The van der Waals surface area contributed by atoms with Gasteiger partial charge in [-0.15, -0.1) is 0 Å². The number of nitrogens with zero attached hydrogens (tertiary/aromatic N) is 10. The molecule has 1 fully saturated rings. The first-order valence-electron chi connectivity index (χ1n) is 16.8. The molecule has 6 aromatic rings. The van der Waals surface area contributed by atoms with Gasteiger partial charge in [-0.3, -0.25) is 4.57 Å². The van der Waals surface area contributed by atoms with Crippen molar-refractivity contribution in [3.63, 3.8) is 0 Å². The van der Waals surface area contributed by atoms with Crippen molar-refractivity contribution >= 4 is 38.6 Å². The molecule has 0 unspecified atom stereocenters. The molecule has 0 radical (unpaired) electrons. The molecule has 0 bridgehead atoms. The van der Waals surface area contributed by atoms with Crippen molar-refractivity contribution in [1.29, 1.82) is 0 Å². The van der Waals surface area contributed by atoms with Crippen LogP contribution < -0.4 is 19.3 Å². The summed E-state index contributed by atoms with van der Waals surface area (Å²) in [4.78, 5) is 19.8. The summed E-state index contributed by atoms with van der Waals surface area (Å²) in [5.41, 5.74) is 5.13. The SMILES string of the molecule is COc1ccc(CN(Cc2nc3cccc(OC)c3n2COCCS(C)(C)C)c2nc(N3CCOCC3)nc3c(-c4ccnnc4)cnn23)cc1. The molecule has 268 valence electrons. The summed E-state index contributed by atoms with van der Waals surface area (Å²) in [6, 6.07) is 15.9. The van der Waals surface area contributed by atoms with Crippen LogP contribution in [0.2, 0.25) is 0 Å². The number of fused-ring (bicyclic) bond motifs is 2. The molecule has 2 aromatic carbocycles. The molecule has 5 heterocycles. The van der Waals surface area contributed by atoms with Gasteiger partial charge in [0.1, 0.15) is 29.6 Å². The van der Waals surface area contributed by atoms with Crippen molar-refractivity contribution in [2.24, 2.45) is 0 Å². The number of imidazole rings is 1. The van der Waals surface area contributed by atoms with Gasteiger partial charge >= 0.3 is 0 Å². The van der Waals surface area contributed by atoms with Gasteiger partial charge < -0.3 is 28.7 Å². The molecular formula is C36H44N10O4S. The Balaban J connectivity index is 1.37. The zero-order chi connectivity index (χ0) is 35.4. The molecule has 0 atom stereocenters. The number of hydrogen-bond acceptors (Lipinski definition) is 12. The summed E-state index contributed by atoms with van der Waals surface area (Å²) >= 11 is 0. The van der Waals surface area contributed by atoms with E-state index in [-0.39, 0.29) is 0 Å². The summed E-state index contributed by atoms with van der Waals surface area (Å²) in [7, 11) is 2.64. The Hall–Kier alpha value is -4.99. The normalized spacial score (nSPS) is 13.9. The second kappa shape index (κ2) is 15.1. The Morgan fingerprint density at radius 3 is 2.43 bits per heavy atom. The first kappa shape index (κ1) is 34.5. The van der Waals surface area contributed by atoms with E-state index in [4.69, 9.17) is 39.0 Å². The Morgan fingerprint density at radius 1 is 0.882 bits per heavy atom. The molecule has 7 rings (SSSR count). The topological polar surface area (TPSA) is 130 Å². The van der Waals surface area contributed by atoms with Crippen LogP contribution in [0, 0.1) is 0 Å². The lowest BCUT2D eigenvalue weighted by atomic mass is 10.2. The average molecular weight is 713 g/mol. The minimum absolute atomic E-state index is 0.331. The number of methoxy groups -OCH3 is 2. The van der Waals surface area contributed by atoms with Crippen molar-refractivity contribution in [3.8, 4) is 22.6 Å². The molecule has 15 heteroatoms. The highest BCUT2D eigenvalue weighted by atomic mass is 32.3. The lowest BCUT2D eigenvalue weighted by Crippen LogP contribution is -2.38. The standard InChI is InChI=1S/C36H44N10O4S/c1-47-28-11-9-26(10-12-28)23-44(24-32-40-30-7-6-8-31(48-2)33(30)45(32)25-50-19-20-51(3,4)5)36-42-35(43-15-17-49-18-16-43)41-34-29(22-39-46(34)36)27-13-14-37-38-21-27/h6-14,21-22H,15-20,23-25H2,1-5H3. The number of para-hydroxylation sites is 1. The molecule has 0 amide bonds. The van der Waals surface area contributed by atoms with Crippen LogP contribution in [0.3, 0.4) is 0 Å². The number of ether oxygens (including phenoxy) is 4. The summed E-state index contributed by atoms with van der Waals surface area (Å²) < 4.78 is 27.2. The number of anilines is 2. The predicted molar refractivity (Wildman–Crippen MR) is 200 cm³/mol. The van der Waals surface area contributed by atoms with Gasteiger partial charge in [0.15, 0.2) is 5.65 Å². The predicted octanol–water partition coefficient (Wildman–Crippen LogP) is 4.66. The highest BCUT2D eigenvalue weighted by molar-refractivity contribution is 8.32. The zero-order valence-electron chi connectivity index (χ0n) is 29.7. The van der Waals surface area contributed by atoms with Gasteiger partial charge in [0, 0.05) is 36.5 Å². The van der Waals surface area contributed by atoms with E-state index in [1.54, 1.807) is 31.1 Å². The molecule has 0 N–H and O–H groups in total. The van der Waals surface area contributed by atoms with E-state index in [2.05, 4.69) is 55.5 Å². The van der Waals surface area contributed by atoms with Crippen molar-refractivity contribution < 1.29 is 18.9 Å². The van der Waals surface area contributed by atoms with E-state index in [0.29, 0.717) is 70.3 Å². The molecule has 0 saturated carbocycles. The number of hydrogen-bond donors (Lipinski definition) is 0. The van der Waals surface area contributed by atoms with Crippen LogP contribution in [0.15, 0.2) is 67.1 Å². The summed E-state index contributed by atoms with van der Waals surface area (Å²) in [5, 5.41) is 13.0. The van der Waals surface area contributed by atoms with Gasteiger partial charge in [-0.25, -0.2) is 15.0 Å². The molecule has 1 aliphatic heterocycles. The molecule has 4 aromatic heterocycles. The molecule has 1 saturated heterocycles. The van der Waals surface area contributed by atoms with Crippen LogP contribution in [0.5, 0.6) is 11.5 Å². The molecule has 1 aliphatic rings. The average Bonchev–Trinajstić information content (AvgIpc) is 3.74. The van der Waals surface area contributed by atoms with Crippen LogP contribution >= 0.6 is 10.0 Å².